The molecule has 2 rings (SSSR count). The van der Waals surface area contributed by atoms with Gasteiger partial charge < -0.3 is 14.8 Å². The van der Waals surface area contributed by atoms with Crippen LogP contribution in [0.2, 0.25) is 0 Å². The molecule has 0 aliphatic rings. The van der Waals surface area contributed by atoms with E-state index in [0.717, 1.165) is 18.2 Å². The zero-order chi connectivity index (χ0) is 14.7. The largest absolute Gasteiger partial charge is 0.489 e. The van der Waals surface area contributed by atoms with Gasteiger partial charge >= 0.3 is 7.12 Å². The lowest BCUT2D eigenvalue weighted by Crippen LogP contribution is -2.29. The van der Waals surface area contributed by atoms with Gasteiger partial charge in [0.15, 0.2) is 0 Å². The van der Waals surface area contributed by atoms with E-state index in [1.165, 1.54) is 6.07 Å². The number of hydrogen-bond donors (Lipinski definition) is 2. The number of ether oxygens (including phenoxy) is 1. The van der Waals surface area contributed by atoms with Crippen LogP contribution in [0.1, 0.15) is 11.1 Å². The van der Waals surface area contributed by atoms with Crippen LogP contribution in [0.25, 0.3) is 0 Å². The van der Waals surface area contributed by atoms with Gasteiger partial charge in [0, 0.05) is 5.56 Å². The van der Waals surface area contributed by atoms with E-state index >= 15 is 0 Å². The number of hydrogen-bond acceptors (Lipinski definition) is 3. The Kier molecular flexibility index (Phi) is 4.37. The van der Waals surface area contributed by atoms with Gasteiger partial charge in [-0.15, -0.1) is 0 Å². The first-order valence-electron chi connectivity index (χ1n) is 6.01. The standard InChI is InChI=1S/C14H13BF2O3/c1-9-6-11(15(18)19)2-5-14(9)20-8-10-7-12(16)3-4-13(10)17/h2-7,18-19H,8H2,1H3. The van der Waals surface area contributed by atoms with Gasteiger partial charge in [0.25, 0.3) is 0 Å². The van der Waals surface area contributed by atoms with E-state index < -0.39 is 18.8 Å². The molecule has 0 heterocycles. The summed E-state index contributed by atoms with van der Waals surface area (Å²) in [7, 11) is -1.55. The van der Waals surface area contributed by atoms with Gasteiger partial charge in [-0.05, 0) is 42.2 Å². The molecule has 0 saturated heterocycles. The number of aryl methyl sites for hydroxylation is 1. The lowest BCUT2D eigenvalue weighted by Gasteiger charge is -2.11. The zero-order valence-electron chi connectivity index (χ0n) is 10.8. The fraction of sp³-hybridized carbons (Fsp3) is 0.143. The van der Waals surface area contributed by atoms with Crippen molar-refractivity contribution in [1.82, 2.24) is 0 Å². The molecule has 6 heteroatoms. The van der Waals surface area contributed by atoms with Crippen LogP contribution in [0.3, 0.4) is 0 Å². The van der Waals surface area contributed by atoms with E-state index in [1.54, 1.807) is 19.1 Å². The van der Waals surface area contributed by atoms with Crippen molar-refractivity contribution in [2.75, 3.05) is 0 Å². The average Bonchev–Trinajstić information content (AvgIpc) is 2.40. The Hall–Kier alpha value is -1.92. The minimum atomic E-state index is -1.55. The molecule has 2 aromatic rings. The molecule has 0 radical (unpaired) electrons. The van der Waals surface area contributed by atoms with Crippen molar-refractivity contribution in [2.24, 2.45) is 0 Å². The molecular formula is C14H13BF2O3. The SMILES string of the molecule is Cc1cc(B(O)O)ccc1OCc1cc(F)ccc1F. The van der Waals surface area contributed by atoms with Crippen LogP contribution in [0, 0.1) is 18.6 Å². The van der Waals surface area contributed by atoms with Crippen molar-refractivity contribution in [3.8, 4) is 5.75 Å². The molecule has 0 amide bonds. The van der Waals surface area contributed by atoms with Crippen LogP contribution in [0.5, 0.6) is 5.75 Å². The summed E-state index contributed by atoms with van der Waals surface area (Å²) in [5.74, 6) is -0.593. The van der Waals surface area contributed by atoms with Gasteiger partial charge in [0.2, 0.25) is 0 Å². The van der Waals surface area contributed by atoms with Crippen molar-refractivity contribution < 1.29 is 23.6 Å². The highest BCUT2D eigenvalue weighted by Crippen LogP contribution is 2.18. The van der Waals surface area contributed by atoms with E-state index in [-0.39, 0.29) is 12.2 Å². The van der Waals surface area contributed by atoms with Gasteiger partial charge in [0.1, 0.15) is 24.0 Å². The van der Waals surface area contributed by atoms with Crippen molar-refractivity contribution >= 4 is 12.6 Å². The van der Waals surface area contributed by atoms with Crippen molar-refractivity contribution in [3.63, 3.8) is 0 Å². The highest BCUT2D eigenvalue weighted by atomic mass is 19.1. The third kappa shape index (κ3) is 3.34. The van der Waals surface area contributed by atoms with E-state index in [9.17, 15) is 8.78 Å². The summed E-state index contributed by atoms with van der Waals surface area (Å²) in [5.41, 5.74) is 1.13. The Labute approximate surface area is 115 Å². The first-order chi connectivity index (χ1) is 9.47. The van der Waals surface area contributed by atoms with Gasteiger partial charge in [-0.2, -0.15) is 0 Å². The molecule has 0 unspecified atom stereocenters. The Morgan fingerprint density at radius 3 is 2.50 bits per heavy atom. The van der Waals surface area contributed by atoms with Crippen LogP contribution in [-0.4, -0.2) is 17.2 Å². The summed E-state index contributed by atoms with van der Waals surface area (Å²) >= 11 is 0. The van der Waals surface area contributed by atoms with Crippen LogP contribution in [-0.2, 0) is 6.61 Å². The van der Waals surface area contributed by atoms with Crippen molar-refractivity contribution in [3.05, 3.63) is 59.2 Å². The summed E-state index contributed by atoms with van der Waals surface area (Å²) in [6.45, 7) is 1.62. The van der Waals surface area contributed by atoms with Crippen LogP contribution in [0.15, 0.2) is 36.4 Å². The van der Waals surface area contributed by atoms with Crippen LogP contribution >= 0.6 is 0 Å². The predicted octanol–water partition coefficient (Wildman–Crippen LogP) is 1.53. The molecule has 0 saturated carbocycles. The van der Waals surface area contributed by atoms with Gasteiger partial charge in [-0.25, -0.2) is 8.78 Å². The Bertz CT molecular complexity index is 617. The summed E-state index contributed by atoms with van der Waals surface area (Å²) in [6, 6.07) is 7.78. The lowest BCUT2D eigenvalue weighted by molar-refractivity contribution is 0.297. The summed E-state index contributed by atoms with van der Waals surface area (Å²) in [4.78, 5) is 0. The maximum absolute atomic E-state index is 13.4. The Morgan fingerprint density at radius 2 is 1.85 bits per heavy atom. The monoisotopic (exact) mass is 278 g/mol. The topological polar surface area (TPSA) is 49.7 Å². The maximum Gasteiger partial charge on any atom is 0.488 e. The molecule has 20 heavy (non-hydrogen) atoms. The molecule has 0 fully saturated rings. The molecular weight excluding hydrogens is 265 g/mol. The molecule has 0 aromatic heterocycles. The summed E-state index contributed by atoms with van der Waals surface area (Å²) in [5, 5.41) is 18.1. The van der Waals surface area contributed by atoms with E-state index in [4.69, 9.17) is 14.8 Å². The molecule has 0 aliphatic carbocycles. The summed E-state index contributed by atoms with van der Waals surface area (Å²) < 4.78 is 31.9. The second-order valence-electron chi connectivity index (χ2n) is 4.42. The molecule has 0 bridgehead atoms. The van der Waals surface area contributed by atoms with Crippen molar-refractivity contribution in [1.29, 1.82) is 0 Å². The lowest BCUT2D eigenvalue weighted by atomic mass is 9.79. The van der Waals surface area contributed by atoms with E-state index in [2.05, 4.69) is 0 Å². The van der Waals surface area contributed by atoms with Crippen molar-refractivity contribution in [2.45, 2.75) is 13.5 Å². The minimum Gasteiger partial charge on any atom is -0.489 e. The first-order valence-corrected chi connectivity index (χ1v) is 6.01. The van der Waals surface area contributed by atoms with E-state index in [0.29, 0.717) is 16.8 Å². The fourth-order valence-corrected chi connectivity index (χ4v) is 1.80. The maximum atomic E-state index is 13.4. The van der Waals surface area contributed by atoms with Crippen LogP contribution in [0.4, 0.5) is 8.78 Å². The van der Waals surface area contributed by atoms with Gasteiger partial charge in [0.05, 0.1) is 0 Å². The molecule has 0 aliphatic heterocycles. The second kappa shape index (κ2) is 6.03. The van der Waals surface area contributed by atoms with E-state index in [1.807, 2.05) is 0 Å². The fourth-order valence-electron chi connectivity index (χ4n) is 1.80. The molecule has 3 nitrogen and oxygen atoms in total. The molecule has 2 aromatic carbocycles. The highest BCUT2D eigenvalue weighted by molar-refractivity contribution is 6.58. The quantitative estimate of drug-likeness (QED) is 0.834. The summed E-state index contributed by atoms with van der Waals surface area (Å²) in [6.07, 6.45) is 0. The third-order valence-electron chi connectivity index (χ3n) is 2.89. The smallest absolute Gasteiger partial charge is 0.488 e. The van der Waals surface area contributed by atoms with Crippen LogP contribution < -0.4 is 10.2 Å². The highest BCUT2D eigenvalue weighted by Gasteiger charge is 2.13. The van der Waals surface area contributed by atoms with Gasteiger partial charge in [-0.3, -0.25) is 0 Å². The molecule has 0 spiro atoms. The number of halogens is 2. The second-order valence-corrected chi connectivity index (χ2v) is 4.42. The Morgan fingerprint density at radius 1 is 1.10 bits per heavy atom. The zero-order valence-corrected chi connectivity index (χ0v) is 10.8. The number of rotatable bonds is 4. The average molecular weight is 278 g/mol. The molecule has 104 valence electrons. The first kappa shape index (κ1) is 14.5. The third-order valence-corrected chi connectivity index (χ3v) is 2.89. The molecule has 2 N–H and O–H groups in total. The predicted molar refractivity (Wildman–Crippen MR) is 71.7 cm³/mol. The Balaban J connectivity index is 2.13. The normalized spacial score (nSPS) is 10.4. The molecule has 0 atom stereocenters. The van der Waals surface area contributed by atoms with Gasteiger partial charge in [-0.1, -0.05) is 12.1 Å². The minimum absolute atomic E-state index is 0.106. The number of benzene rings is 2.